The van der Waals surface area contributed by atoms with Crippen LogP contribution in [0.2, 0.25) is 0 Å². The van der Waals surface area contributed by atoms with Crippen LogP contribution in [-0.2, 0) is 6.54 Å². The Kier molecular flexibility index (Phi) is 9.16. The average molecular weight is 444 g/mol. The van der Waals surface area contributed by atoms with Gasteiger partial charge in [-0.2, -0.15) is 0 Å². The van der Waals surface area contributed by atoms with Gasteiger partial charge in [0.2, 0.25) is 0 Å². The number of hydrogen-bond acceptors (Lipinski definition) is 3. The fraction of sp³-hybridized carbons (Fsp3) is 0.412. The molecule has 0 saturated heterocycles. The van der Waals surface area contributed by atoms with Crippen LogP contribution in [0.4, 0.5) is 0 Å². The largest absolute Gasteiger partial charge is 0.357 e. The monoisotopic (exact) mass is 444 g/mol. The number of aliphatic imine (C=N–C) groups is 1. The van der Waals surface area contributed by atoms with E-state index < -0.39 is 0 Å². The van der Waals surface area contributed by atoms with Gasteiger partial charge in [0.1, 0.15) is 5.01 Å². The summed E-state index contributed by atoms with van der Waals surface area (Å²) in [6, 6.07) is 10.2. The summed E-state index contributed by atoms with van der Waals surface area (Å²) in [4.78, 5) is 9.27. The van der Waals surface area contributed by atoms with Crippen LogP contribution in [-0.4, -0.2) is 24.0 Å². The molecule has 23 heavy (non-hydrogen) atoms. The minimum atomic E-state index is 0. The first kappa shape index (κ1) is 19.9. The van der Waals surface area contributed by atoms with E-state index in [1.807, 2.05) is 18.2 Å². The number of aromatic nitrogens is 1. The summed E-state index contributed by atoms with van der Waals surface area (Å²) < 4.78 is 0. The topological polar surface area (TPSA) is 49.3 Å². The van der Waals surface area contributed by atoms with Crippen molar-refractivity contribution in [1.29, 1.82) is 0 Å². The first-order chi connectivity index (χ1) is 10.7. The van der Waals surface area contributed by atoms with Gasteiger partial charge in [0.15, 0.2) is 5.96 Å². The molecule has 0 radical (unpaired) electrons. The number of halogens is 1. The molecule has 1 aromatic heterocycles. The van der Waals surface area contributed by atoms with E-state index >= 15 is 0 Å². The second-order valence-electron chi connectivity index (χ2n) is 5.46. The number of hydrogen-bond donors (Lipinski definition) is 2. The zero-order valence-electron chi connectivity index (χ0n) is 13.9. The quantitative estimate of drug-likeness (QED) is 0.400. The molecule has 0 aliphatic carbocycles. The molecular weight excluding hydrogens is 419 g/mol. The van der Waals surface area contributed by atoms with Crippen LogP contribution in [0.1, 0.15) is 25.8 Å². The van der Waals surface area contributed by atoms with Crippen molar-refractivity contribution in [2.45, 2.75) is 27.3 Å². The van der Waals surface area contributed by atoms with Crippen molar-refractivity contribution in [2.24, 2.45) is 10.9 Å². The van der Waals surface area contributed by atoms with Gasteiger partial charge in [-0.25, -0.2) is 9.98 Å². The fourth-order valence-corrected chi connectivity index (χ4v) is 2.64. The number of thiazole rings is 1. The van der Waals surface area contributed by atoms with Crippen molar-refractivity contribution >= 4 is 41.3 Å². The van der Waals surface area contributed by atoms with Gasteiger partial charge in [-0.05, 0) is 12.8 Å². The number of benzene rings is 1. The standard InChI is InChI=1S/C17H24N4S.HI/c1-4-18-17(19-10-13(2)3)20-11-16-21-15(12-22-16)14-8-6-5-7-9-14;/h5-9,12-13H,4,10-11H2,1-3H3,(H2,18,19,20);1H. The molecule has 0 unspecified atom stereocenters. The number of guanidine groups is 1. The zero-order chi connectivity index (χ0) is 15.8. The summed E-state index contributed by atoms with van der Waals surface area (Å²) >= 11 is 1.66. The van der Waals surface area contributed by atoms with Gasteiger partial charge in [0.05, 0.1) is 12.2 Å². The smallest absolute Gasteiger partial charge is 0.191 e. The number of nitrogens with one attached hydrogen (secondary N) is 2. The lowest BCUT2D eigenvalue weighted by Crippen LogP contribution is -2.39. The molecule has 2 rings (SSSR count). The third-order valence-corrected chi connectivity index (χ3v) is 3.85. The van der Waals surface area contributed by atoms with E-state index in [4.69, 9.17) is 0 Å². The molecule has 2 N–H and O–H groups in total. The summed E-state index contributed by atoms with van der Waals surface area (Å²) in [5.74, 6) is 1.45. The fourth-order valence-electron chi connectivity index (χ4n) is 1.91. The molecule has 1 heterocycles. The predicted octanol–water partition coefficient (Wildman–Crippen LogP) is 4.14. The second kappa shape index (κ2) is 10.6. The van der Waals surface area contributed by atoms with Gasteiger partial charge in [-0.1, -0.05) is 44.2 Å². The van der Waals surface area contributed by atoms with Gasteiger partial charge in [-0.15, -0.1) is 35.3 Å². The highest BCUT2D eigenvalue weighted by Crippen LogP contribution is 2.21. The normalized spacial score (nSPS) is 11.2. The van der Waals surface area contributed by atoms with Crippen LogP contribution in [0.3, 0.4) is 0 Å². The Bertz CT molecular complexity index is 596. The first-order valence-corrected chi connectivity index (χ1v) is 8.59. The van der Waals surface area contributed by atoms with Gasteiger partial charge in [0.25, 0.3) is 0 Å². The van der Waals surface area contributed by atoms with Crippen LogP contribution in [0.15, 0.2) is 40.7 Å². The minimum absolute atomic E-state index is 0. The van der Waals surface area contributed by atoms with Crippen LogP contribution in [0.5, 0.6) is 0 Å². The van der Waals surface area contributed by atoms with Gasteiger partial charge < -0.3 is 10.6 Å². The molecule has 4 nitrogen and oxygen atoms in total. The first-order valence-electron chi connectivity index (χ1n) is 7.71. The van der Waals surface area contributed by atoms with E-state index in [0.717, 1.165) is 35.3 Å². The minimum Gasteiger partial charge on any atom is -0.357 e. The molecule has 1 aromatic carbocycles. The highest BCUT2D eigenvalue weighted by molar-refractivity contribution is 14.0. The van der Waals surface area contributed by atoms with Crippen LogP contribution in [0.25, 0.3) is 11.3 Å². The molecule has 0 saturated carbocycles. The van der Waals surface area contributed by atoms with E-state index in [9.17, 15) is 0 Å². The number of rotatable bonds is 6. The Labute approximate surface area is 159 Å². The lowest BCUT2D eigenvalue weighted by atomic mass is 10.2. The van der Waals surface area contributed by atoms with Gasteiger partial charge >= 0.3 is 0 Å². The molecule has 0 atom stereocenters. The van der Waals surface area contributed by atoms with Crippen molar-refractivity contribution in [3.63, 3.8) is 0 Å². The third kappa shape index (κ3) is 6.87. The Balaban J connectivity index is 0.00000264. The lowest BCUT2D eigenvalue weighted by Gasteiger charge is -2.12. The zero-order valence-corrected chi connectivity index (χ0v) is 17.0. The van der Waals surface area contributed by atoms with Crippen molar-refractivity contribution in [3.8, 4) is 11.3 Å². The Morgan fingerprint density at radius 1 is 1.22 bits per heavy atom. The second-order valence-corrected chi connectivity index (χ2v) is 6.41. The molecule has 0 spiro atoms. The number of nitrogens with zero attached hydrogens (tertiary/aromatic N) is 2. The highest BCUT2D eigenvalue weighted by Gasteiger charge is 2.04. The third-order valence-electron chi connectivity index (χ3n) is 3.02. The summed E-state index contributed by atoms with van der Waals surface area (Å²) in [7, 11) is 0. The molecule has 6 heteroatoms. The van der Waals surface area contributed by atoms with E-state index in [1.165, 1.54) is 0 Å². The summed E-state index contributed by atoms with van der Waals surface area (Å²) in [5, 5.41) is 9.73. The van der Waals surface area contributed by atoms with E-state index in [-0.39, 0.29) is 24.0 Å². The van der Waals surface area contributed by atoms with Gasteiger partial charge in [0, 0.05) is 24.0 Å². The summed E-state index contributed by atoms with van der Waals surface area (Å²) in [6.07, 6.45) is 0. The van der Waals surface area contributed by atoms with E-state index in [1.54, 1.807) is 11.3 Å². The van der Waals surface area contributed by atoms with E-state index in [2.05, 4.69) is 58.9 Å². The van der Waals surface area contributed by atoms with Crippen LogP contribution >= 0.6 is 35.3 Å². The van der Waals surface area contributed by atoms with Crippen molar-refractivity contribution < 1.29 is 0 Å². The predicted molar refractivity (Wildman–Crippen MR) is 111 cm³/mol. The molecule has 0 bridgehead atoms. The molecule has 2 aromatic rings. The highest BCUT2D eigenvalue weighted by atomic mass is 127. The maximum absolute atomic E-state index is 4.66. The van der Waals surface area contributed by atoms with Crippen LogP contribution < -0.4 is 10.6 Å². The average Bonchev–Trinajstić information content (AvgIpc) is 3.00. The molecule has 0 amide bonds. The molecule has 0 aliphatic heterocycles. The molecule has 0 aliphatic rings. The van der Waals surface area contributed by atoms with Gasteiger partial charge in [-0.3, -0.25) is 0 Å². The Morgan fingerprint density at radius 3 is 2.61 bits per heavy atom. The summed E-state index contributed by atoms with van der Waals surface area (Å²) in [6.45, 7) is 8.82. The SMILES string of the molecule is CCNC(=NCc1nc(-c2ccccc2)cs1)NCC(C)C.I. The van der Waals surface area contributed by atoms with Crippen molar-refractivity contribution in [3.05, 3.63) is 40.7 Å². The maximum Gasteiger partial charge on any atom is 0.191 e. The molecule has 126 valence electrons. The molecule has 0 fully saturated rings. The lowest BCUT2D eigenvalue weighted by molar-refractivity contribution is 0.615. The van der Waals surface area contributed by atoms with Crippen LogP contribution in [0, 0.1) is 5.92 Å². The van der Waals surface area contributed by atoms with Crippen molar-refractivity contribution in [1.82, 2.24) is 15.6 Å². The maximum atomic E-state index is 4.66. The van der Waals surface area contributed by atoms with Crippen molar-refractivity contribution in [2.75, 3.05) is 13.1 Å². The van der Waals surface area contributed by atoms with E-state index in [0.29, 0.717) is 12.5 Å². The molecular formula is C17H25IN4S. The Hall–Kier alpha value is -1.15. The Morgan fingerprint density at radius 2 is 1.96 bits per heavy atom. The summed E-state index contributed by atoms with van der Waals surface area (Å²) in [5.41, 5.74) is 2.18.